The van der Waals surface area contributed by atoms with Crippen molar-refractivity contribution in [2.75, 3.05) is 0 Å². The quantitative estimate of drug-likeness (QED) is 0.306. The second-order valence-corrected chi connectivity index (χ2v) is 9.68. The van der Waals surface area contributed by atoms with Gasteiger partial charge in [0, 0.05) is 18.9 Å². The Morgan fingerprint density at radius 3 is 2.78 bits per heavy atom. The Balaban J connectivity index is 1.37. The highest BCUT2D eigenvalue weighted by Crippen LogP contribution is 2.50. The molecular weight excluding hydrogens is 398 g/mol. The van der Waals surface area contributed by atoms with E-state index in [4.69, 9.17) is 0 Å². The van der Waals surface area contributed by atoms with Gasteiger partial charge in [-0.15, -0.1) is 0 Å². The van der Waals surface area contributed by atoms with E-state index in [-0.39, 0.29) is 17.9 Å². The topological polar surface area (TPSA) is 69.6 Å². The molecule has 0 aliphatic heterocycles. The van der Waals surface area contributed by atoms with Gasteiger partial charge in [0.15, 0.2) is 0 Å². The van der Waals surface area contributed by atoms with Crippen LogP contribution in [-0.4, -0.2) is 28.3 Å². The second-order valence-electron chi connectivity index (χ2n) is 9.68. The average Bonchev–Trinajstić information content (AvgIpc) is 3.31. The van der Waals surface area contributed by atoms with Gasteiger partial charge in [-0.2, -0.15) is 0 Å². The van der Waals surface area contributed by atoms with Crippen LogP contribution in [0.15, 0.2) is 54.1 Å². The van der Waals surface area contributed by atoms with E-state index in [1.165, 1.54) is 5.57 Å². The second kappa shape index (κ2) is 13.0. The smallest absolute Gasteiger partial charge is 0.220 e. The summed E-state index contributed by atoms with van der Waals surface area (Å²) >= 11 is 0. The van der Waals surface area contributed by atoms with Gasteiger partial charge in [0.2, 0.25) is 5.91 Å². The summed E-state index contributed by atoms with van der Waals surface area (Å²) in [6, 6.07) is 10.00. The Labute approximate surface area is 193 Å². The molecule has 0 radical (unpaired) electrons. The van der Waals surface area contributed by atoms with Gasteiger partial charge in [-0.05, 0) is 55.9 Å². The lowest BCUT2D eigenvalue weighted by molar-refractivity contribution is -0.121. The van der Waals surface area contributed by atoms with Gasteiger partial charge in [0.25, 0.3) is 0 Å². The van der Waals surface area contributed by atoms with E-state index in [0.29, 0.717) is 24.8 Å². The van der Waals surface area contributed by atoms with Crippen molar-refractivity contribution in [2.45, 2.75) is 89.9 Å². The van der Waals surface area contributed by atoms with Crippen LogP contribution in [-0.2, 0) is 11.3 Å². The van der Waals surface area contributed by atoms with Crippen LogP contribution in [0, 0.1) is 17.8 Å². The number of allylic oxidation sites excluding steroid dienone is 2. The van der Waals surface area contributed by atoms with E-state index < -0.39 is 6.10 Å². The third-order valence-corrected chi connectivity index (χ3v) is 7.14. The van der Waals surface area contributed by atoms with Crippen molar-refractivity contribution in [3.05, 3.63) is 59.7 Å². The van der Waals surface area contributed by atoms with Crippen molar-refractivity contribution in [2.24, 2.45) is 17.8 Å². The Bertz CT molecular complexity index is 757. The minimum absolute atomic E-state index is 0.112. The summed E-state index contributed by atoms with van der Waals surface area (Å²) in [6.07, 6.45) is 15.2. The molecule has 176 valence electrons. The van der Waals surface area contributed by atoms with Gasteiger partial charge < -0.3 is 15.5 Å². The molecule has 0 heterocycles. The van der Waals surface area contributed by atoms with Crippen molar-refractivity contribution < 1.29 is 15.0 Å². The molecule has 4 nitrogen and oxygen atoms in total. The molecule has 5 atom stereocenters. The van der Waals surface area contributed by atoms with Crippen LogP contribution in [0.2, 0.25) is 0 Å². The Morgan fingerprint density at radius 2 is 2.00 bits per heavy atom. The molecule has 3 rings (SSSR count). The zero-order chi connectivity index (χ0) is 22.8. The summed E-state index contributed by atoms with van der Waals surface area (Å²) in [6.45, 7) is 2.76. The number of unbranched alkanes of at least 4 members (excludes halogenated alkanes) is 3. The molecular formula is C28H41NO3. The normalized spacial score (nSPS) is 27.2. The van der Waals surface area contributed by atoms with Crippen LogP contribution >= 0.6 is 0 Å². The Morgan fingerprint density at radius 1 is 1.19 bits per heavy atom. The highest BCUT2D eigenvalue weighted by molar-refractivity contribution is 5.75. The lowest BCUT2D eigenvalue weighted by Crippen LogP contribution is -2.22. The number of fused-ring (bicyclic) bond motifs is 1. The van der Waals surface area contributed by atoms with Crippen molar-refractivity contribution in [3.8, 4) is 0 Å². The van der Waals surface area contributed by atoms with Gasteiger partial charge in [-0.1, -0.05) is 80.3 Å². The lowest BCUT2D eigenvalue weighted by atomic mass is 9.90. The molecule has 2 saturated carbocycles. The first-order valence-electron chi connectivity index (χ1n) is 12.6. The summed E-state index contributed by atoms with van der Waals surface area (Å²) in [5, 5.41) is 23.7. The van der Waals surface area contributed by atoms with Gasteiger partial charge >= 0.3 is 0 Å². The standard InChI is InChI=1S/C28H41NO3/c1-2-3-5-13-24(30)15-16-25-26-18-22(17-23(26)19-27(25)31)12-8-9-14-28(32)29-20-21-10-6-4-7-11-21/h4,6-7,10-12,15-16,23-27,30-31H,2-3,5,8-9,13-14,17-20H2,1H3,(H,29,32)/t23-,24-,25+,26-,27+/m0/s1. The molecule has 2 aliphatic carbocycles. The van der Waals surface area contributed by atoms with E-state index >= 15 is 0 Å². The van der Waals surface area contributed by atoms with Crippen molar-refractivity contribution in [1.82, 2.24) is 5.32 Å². The predicted molar refractivity (Wildman–Crippen MR) is 130 cm³/mol. The molecule has 0 unspecified atom stereocenters. The summed E-state index contributed by atoms with van der Waals surface area (Å²) in [7, 11) is 0. The maximum absolute atomic E-state index is 12.1. The molecule has 1 aromatic rings. The third-order valence-electron chi connectivity index (χ3n) is 7.14. The van der Waals surface area contributed by atoms with Crippen LogP contribution < -0.4 is 5.32 Å². The highest BCUT2D eigenvalue weighted by atomic mass is 16.3. The van der Waals surface area contributed by atoms with Crippen molar-refractivity contribution in [1.29, 1.82) is 0 Å². The fourth-order valence-corrected chi connectivity index (χ4v) is 5.35. The van der Waals surface area contributed by atoms with Gasteiger partial charge in [0.05, 0.1) is 12.2 Å². The summed E-state index contributed by atoms with van der Waals surface area (Å²) in [5.74, 6) is 1.32. The molecule has 0 bridgehead atoms. The number of benzene rings is 1. The minimum Gasteiger partial charge on any atom is -0.392 e. The zero-order valence-corrected chi connectivity index (χ0v) is 19.6. The number of nitrogens with one attached hydrogen (secondary N) is 1. The van der Waals surface area contributed by atoms with Crippen LogP contribution in [0.1, 0.15) is 76.7 Å². The average molecular weight is 440 g/mol. The molecule has 0 aromatic heterocycles. The van der Waals surface area contributed by atoms with Gasteiger partial charge in [-0.25, -0.2) is 0 Å². The molecule has 32 heavy (non-hydrogen) atoms. The van der Waals surface area contributed by atoms with E-state index in [9.17, 15) is 15.0 Å². The van der Waals surface area contributed by atoms with Crippen LogP contribution in [0.5, 0.6) is 0 Å². The predicted octanol–water partition coefficient (Wildman–Crippen LogP) is 5.30. The molecule has 2 fully saturated rings. The first kappa shape index (κ1) is 24.7. The van der Waals surface area contributed by atoms with E-state index in [1.54, 1.807) is 0 Å². The number of amides is 1. The molecule has 0 saturated heterocycles. The number of hydrogen-bond donors (Lipinski definition) is 3. The summed E-state index contributed by atoms with van der Waals surface area (Å²) < 4.78 is 0. The Hall–Kier alpha value is -1.91. The Kier molecular flexibility index (Phi) is 10.0. The third kappa shape index (κ3) is 7.60. The SMILES string of the molecule is CCCCC[C@H](O)C=C[C@@H]1[C@H]2CC(=CCCCC(=O)NCc3ccccc3)C[C@H]2C[C@H]1O. The summed E-state index contributed by atoms with van der Waals surface area (Å²) in [4.78, 5) is 12.1. The van der Waals surface area contributed by atoms with Crippen molar-refractivity contribution in [3.63, 3.8) is 0 Å². The largest absolute Gasteiger partial charge is 0.392 e. The molecule has 3 N–H and O–H groups in total. The van der Waals surface area contributed by atoms with Crippen LogP contribution in [0.4, 0.5) is 0 Å². The first-order chi connectivity index (χ1) is 15.6. The minimum atomic E-state index is -0.391. The molecule has 2 aliphatic rings. The van der Waals surface area contributed by atoms with Crippen LogP contribution in [0.25, 0.3) is 0 Å². The fraction of sp³-hybridized carbons (Fsp3) is 0.607. The highest BCUT2D eigenvalue weighted by Gasteiger charge is 2.44. The number of carbonyl (C=O) groups excluding carboxylic acids is 1. The molecule has 1 aromatic carbocycles. The maximum atomic E-state index is 12.1. The molecule has 1 amide bonds. The van der Waals surface area contributed by atoms with Gasteiger partial charge in [0.1, 0.15) is 0 Å². The molecule has 0 spiro atoms. The van der Waals surface area contributed by atoms with Crippen molar-refractivity contribution >= 4 is 5.91 Å². The van der Waals surface area contributed by atoms with Crippen LogP contribution in [0.3, 0.4) is 0 Å². The fourth-order valence-electron chi connectivity index (χ4n) is 5.35. The van der Waals surface area contributed by atoms with Gasteiger partial charge in [-0.3, -0.25) is 4.79 Å². The maximum Gasteiger partial charge on any atom is 0.220 e. The summed E-state index contributed by atoms with van der Waals surface area (Å²) in [5.41, 5.74) is 2.61. The zero-order valence-electron chi connectivity index (χ0n) is 19.6. The lowest BCUT2D eigenvalue weighted by Gasteiger charge is -2.17. The monoisotopic (exact) mass is 439 g/mol. The van der Waals surface area contributed by atoms with E-state index in [1.807, 2.05) is 36.4 Å². The number of hydrogen-bond acceptors (Lipinski definition) is 3. The number of rotatable bonds is 12. The van der Waals surface area contributed by atoms with E-state index in [0.717, 1.165) is 63.4 Å². The number of carbonyl (C=O) groups is 1. The van der Waals surface area contributed by atoms with E-state index in [2.05, 4.69) is 24.4 Å². The molecule has 4 heteroatoms. The number of aliphatic hydroxyl groups excluding tert-OH is 2. The number of aliphatic hydroxyl groups is 2. The first-order valence-corrected chi connectivity index (χ1v) is 12.6.